The van der Waals surface area contributed by atoms with E-state index < -0.39 is 4.92 Å². The molecule has 26 heavy (non-hydrogen) atoms. The first kappa shape index (κ1) is 17.1. The molecule has 1 aromatic carbocycles. The summed E-state index contributed by atoms with van der Waals surface area (Å²) in [6, 6.07) is 2.95. The van der Waals surface area contributed by atoms with E-state index in [4.69, 9.17) is 9.47 Å². The molecule has 2 saturated heterocycles. The number of carbonyl (C=O) groups is 1. The molecule has 0 saturated carbocycles. The molecule has 0 spiro atoms. The summed E-state index contributed by atoms with van der Waals surface area (Å²) < 4.78 is 10.9. The van der Waals surface area contributed by atoms with Crippen LogP contribution in [-0.4, -0.2) is 55.1 Å². The Bertz CT molecular complexity index is 709. The standard InChI is InChI=1S/C18H23N3O5/c22-18(20-3-1-12-10-19-11-13(12)2-4-20)8-14-7-16-17(26-6-5-25-16)9-15(14)21(23)24/h7,9,12-13,19H,1-6,8,10-11H2/t12-,13+. The number of hydrogen-bond donors (Lipinski definition) is 1. The monoisotopic (exact) mass is 361 g/mol. The molecule has 3 heterocycles. The fourth-order valence-corrected chi connectivity index (χ4v) is 4.17. The van der Waals surface area contributed by atoms with E-state index in [-0.39, 0.29) is 18.0 Å². The van der Waals surface area contributed by atoms with Crippen molar-refractivity contribution in [3.8, 4) is 11.5 Å². The van der Waals surface area contributed by atoms with Gasteiger partial charge in [0.25, 0.3) is 5.69 Å². The highest BCUT2D eigenvalue weighted by molar-refractivity contribution is 5.80. The van der Waals surface area contributed by atoms with Gasteiger partial charge in [0.05, 0.1) is 17.4 Å². The lowest BCUT2D eigenvalue weighted by atomic mass is 9.92. The van der Waals surface area contributed by atoms with E-state index in [0.717, 1.165) is 39.0 Å². The Morgan fingerprint density at radius 2 is 1.77 bits per heavy atom. The van der Waals surface area contributed by atoms with Gasteiger partial charge < -0.3 is 19.7 Å². The number of amides is 1. The van der Waals surface area contributed by atoms with E-state index in [0.29, 0.717) is 42.1 Å². The summed E-state index contributed by atoms with van der Waals surface area (Å²) >= 11 is 0. The maximum absolute atomic E-state index is 12.8. The summed E-state index contributed by atoms with van der Waals surface area (Å²) in [5, 5.41) is 14.9. The third kappa shape index (κ3) is 3.33. The second kappa shape index (κ2) is 7.11. The topological polar surface area (TPSA) is 93.9 Å². The van der Waals surface area contributed by atoms with Crippen molar-refractivity contribution in [2.24, 2.45) is 11.8 Å². The number of nitro benzene ring substituents is 1. The van der Waals surface area contributed by atoms with Gasteiger partial charge in [-0.3, -0.25) is 14.9 Å². The average molecular weight is 361 g/mol. The number of likely N-dealkylation sites (tertiary alicyclic amines) is 1. The maximum Gasteiger partial charge on any atom is 0.277 e. The van der Waals surface area contributed by atoms with Crippen molar-refractivity contribution in [1.29, 1.82) is 0 Å². The van der Waals surface area contributed by atoms with E-state index >= 15 is 0 Å². The molecule has 1 N–H and O–H groups in total. The van der Waals surface area contributed by atoms with Gasteiger partial charge in [0, 0.05) is 18.7 Å². The molecule has 0 unspecified atom stereocenters. The summed E-state index contributed by atoms with van der Waals surface area (Å²) in [7, 11) is 0. The van der Waals surface area contributed by atoms with Crippen LogP contribution in [0.25, 0.3) is 0 Å². The van der Waals surface area contributed by atoms with Gasteiger partial charge in [-0.25, -0.2) is 0 Å². The number of ether oxygens (including phenoxy) is 2. The first-order valence-electron chi connectivity index (χ1n) is 9.17. The van der Waals surface area contributed by atoms with E-state index in [2.05, 4.69) is 5.32 Å². The zero-order valence-electron chi connectivity index (χ0n) is 14.6. The van der Waals surface area contributed by atoms with Crippen LogP contribution in [0.3, 0.4) is 0 Å². The predicted molar refractivity (Wildman–Crippen MR) is 93.5 cm³/mol. The Kier molecular flexibility index (Phi) is 4.67. The number of benzene rings is 1. The lowest BCUT2D eigenvalue weighted by Crippen LogP contribution is -2.34. The quantitative estimate of drug-likeness (QED) is 0.645. The molecule has 0 aliphatic carbocycles. The van der Waals surface area contributed by atoms with Gasteiger partial charge in [-0.05, 0) is 43.8 Å². The molecule has 1 aromatic rings. The molecule has 4 rings (SSSR count). The molecule has 0 radical (unpaired) electrons. The van der Waals surface area contributed by atoms with Gasteiger partial charge >= 0.3 is 0 Å². The Balaban J connectivity index is 1.50. The first-order valence-corrected chi connectivity index (χ1v) is 9.17. The summed E-state index contributed by atoms with van der Waals surface area (Å²) in [5.74, 6) is 2.06. The number of nitro groups is 1. The second-order valence-corrected chi connectivity index (χ2v) is 7.20. The van der Waals surface area contributed by atoms with Crippen LogP contribution in [0.5, 0.6) is 11.5 Å². The summed E-state index contributed by atoms with van der Waals surface area (Å²) in [6.45, 7) is 4.27. The van der Waals surface area contributed by atoms with Gasteiger partial charge in [0.2, 0.25) is 5.91 Å². The number of nitrogens with zero attached hydrogens (tertiary/aromatic N) is 2. The van der Waals surface area contributed by atoms with E-state index in [1.54, 1.807) is 6.07 Å². The Labute approximate surface area is 151 Å². The van der Waals surface area contributed by atoms with Crippen LogP contribution in [0, 0.1) is 22.0 Å². The highest BCUT2D eigenvalue weighted by atomic mass is 16.6. The molecule has 2 atom stereocenters. The van der Waals surface area contributed by atoms with Crippen molar-refractivity contribution in [3.63, 3.8) is 0 Å². The third-order valence-electron chi connectivity index (χ3n) is 5.65. The molecule has 3 aliphatic rings. The van der Waals surface area contributed by atoms with Crippen molar-refractivity contribution >= 4 is 11.6 Å². The molecule has 8 nitrogen and oxygen atoms in total. The van der Waals surface area contributed by atoms with Crippen molar-refractivity contribution in [2.45, 2.75) is 19.3 Å². The number of nitrogens with one attached hydrogen (secondary N) is 1. The van der Waals surface area contributed by atoms with Gasteiger partial charge in [0.1, 0.15) is 13.2 Å². The van der Waals surface area contributed by atoms with Crippen LogP contribution in [0.1, 0.15) is 18.4 Å². The SMILES string of the molecule is O=C(Cc1cc2c(cc1[N+](=O)[O-])OCCO2)N1CC[C@@H]2CNC[C@@H]2CC1. The van der Waals surface area contributed by atoms with Crippen LogP contribution in [0.2, 0.25) is 0 Å². The van der Waals surface area contributed by atoms with Crippen LogP contribution in [0.4, 0.5) is 5.69 Å². The molecule has 0 aromatic heterocycles. The Morgan fingerprint density at radius 1 is 1.15 bits per heavy atom. The van der Waals surface area contributed by atoms with Crippen LogP contribution < -0.4 is 14.8 Å². The summed E-state index contributed by atoms with van der Waals surface area (Å²) in [6.07, 6.45) is 2.00. The van der Waals surface area contributed by atoms with E-state index in [9.17, 15) is 14.9 Å². The normalized spacial score (nSPS) is 24.7. The van der Waals surface area contributed by atoms with Gasteiger partial charge in [0.15, 0.2) is 11.5 Å². The number of rotatable bonds is 3. The molecule has 8 heteroatoms. The van der Waals surface area contributed by atoms with Crippen LogP contribution in [0.15, 0.2) is 12.1 Å². The molecule has 140 valence electrons. The lowest BCUT2D eigenvalue weighted by molar-refractivity contribution is -0.385. The minimum atomic E-state index is -0.459. The molecular formula is C18H23N3O5. The fourth-order valence-electron chi connectivity index (χ4n) is 4.17. The first-order chi connectivity index (χ1) is 12.6. The highest BCUT2D eigenvalue weighted by Crippen LogP contribution is 2.37. The van der Waals surface area contributed by atoms with Crippen molar-refractivity contribution in [1.82, 2.24) is 10.2 Å². The number of hydrogen-bond acceptors (Lipinski definition) is 6. The Hall–Kier alpha value is -2.35. The number of carbonyl (C=O) groups excluding carboxylic acids is 1. The molecule has 3 aliphatic heterocycles. The van der Waals surface area contributed by atoms with Crippen molar-refractivity contribution < 1.29 is 19.2 Å². The van der Waals surface area contributed by atoms with Gasteiger partial charge in [-0.15, -0.1) is 0 Å². The van der Waals surface area contributed by atoms with Gasteiger partial charge in [-0.1, -0.05) is 0 Å². The van der Waals surface area contributed by atoms with E-state index in [1.165, 1.54) is 6.07 Å². The molecule has 1 amide bonds. The summed E-state index contributed by atoms with van der Waals surface area (Å²) in [4.78, 5) is 25.6. The molecule has 2 fully saturated rings. The molecular weight excluding hydrogens is 338 g/mol. The highest BCUT2D eigenvalue weighted by Gasteiger charge is 2.32. The van der Waals surface area contributed by atoms with Crippen LogP contribution >= 0.6 is 0 Å². The minimum Gasteiger partial charge on any atom is -0.486 e. The Morgan fingerprint density at radius 3 is 2.38 bits per heavy atom. The third-order valence-corrected chi connectivity index (χ3v) is 5.65. The molecule has 0 bridgehead atoms. The zero-order valence-corrected chi connectivity index (χ0v) is 14.6. The lowest BCUT2D eigenvalue weighted by Gasteiger charge is -2.22. The maximum atomic E-state index is 12.8. The fraction of sp³-hybridized carbons (Fsp3) is 0.611. The van der Waals surface area contributed by atoms with Crippen molar-refractivity contribution in [2.75, 3.05) is 39.4 Å². The smallest absolute Gasteiger partial charge is 0.277 e. The van der Waals surface area contributed by atoms with Gasteiger partial charge in [-0.2, -0.15) is 0 Å². The minimum absolute atomic E-state index is 0.0144. The summed E-state index contributed by atoms with van der Waals surface area (Å²) in [5.41, 5.74) is 0.300. The van der Waals surface area contributed by atoms with Crippen molar-refractivity contribution in [3.05, 3.63) is 27.8 Å². The van der Waals surface area contributed by atoms with E-state index in [1.807, 2.05) is 4.90 Å². The zero-order chi connectivity index (χ0) is 18.1. The number of fused-ring (bicyclic) bond motifs is 2. The second-order valence-electron chi connectivity index (χ2n) is 7.20. The largest absolute Gasteiger partial charge is 0.486 e. The average Bonchev–Trinajstić information content (AvgIpc) is 2.99. The predicted octanol–water partition coefficient (Wildman–Crippen LogP) is 1.37. The van der Waals surface area contributed by atoms with Crippen LogP contribution in [-0.2, 0) is 11.2 Å².